The van der Waals surface area contributed by atoms with Crippen LogP contribution in [0.4, 0.5) is 0 Å². The quantitative estimate of drug-likeness (QED) is 0.843. The Morgan fingerprint density at radius 1 is 1.38 bits per heavy atom. The number of nitrogens with zero attached hydrogens (tertiary/aromatic N) is 4. The number of morpholine rings is 1. The highest BCUT2D eigenvalue weighted by atomic mass is 16.5. The van der Waals surface area contributed by atoms with Crippen LogP contribution < -0.4 is 0 Å². The van der Waals surface area contributed by atoms with E-state index >= 15 is 0 Å². The van der Waals surface area contributed by atoms with Gasteiger partial charge in [-0.25, -0.2) is 0 Å². The first kappa shape index (κ1) is 13.8. The van der Waals surface area contributed by atoms with Gasteiger partial charge in [-0.3, -0.25) is 9.48 Å². The fourth-order valence-corrected chi connectivity index (χ4v) is 2.48. The van der Waals surface area contributed by atoms with E-state index in [4.69, 9.17) is 4.74 Å². The van der Waals surface area contributed by atoms with E-state index in [1.807, 2.05) is 35.2 Å². The molecule has 1 atom stereocenters. The summed E-state index contributed by atoms with van der Waals surface area (Å²) in [5, 5.41) is 7.65. The van der Waals surface area contributed by atoms with E-state index in [1.54, 1.807) is 17.9 Å². The van der Waals surface area contributed by atoms with Crippen molar-refractivity contribution in [1.82, 2.24) is 19.9 Å². The van der Waals surface area contributed by atoms with Crippen LogP contribution in [0, 0.1) is 0 Å². The van der Waals surface area contributed by atoms with Crippen molar-refractivity contribution in [2.24, 2.45) is 7.05 Å². The number of ether oxygens (including phenoxy) is 1. The third kappa shape index (κ3) is 3.11. The highest BCUT2D eigenvalue weighted by Gasteiger charge is 2.25. The number of benzene rings is 1. The first-order valence-corrected chi connectivity index (χ1v) is 7.02. The van der Waals surface area contributed by atoms with Crippen molar-refractivity contribution in [3.8, 4) is 0 Å². The van der Waals surface area contributed by atoms with Gasteiger partial charge in [-0.05, 0) is 5.56 Å². The van der Waals surface area contributed by atoms with Gasteiger partial charge in [0, 0.05) is 13.6 Å². The molecule has 1 amide bonds. The molecule has 2 heterocycles. The Labute approximate surface area is 123 Å². The molecule has 1 aliphatic heterocycles. The summed E-state index contributed by atoms with van der Waals surface area (Å²) in [6.45, 7) is 1.79. The minimum Gasteiger partial charge on any atom is -0.370 e. The molecule has 1 unspecified atom stereocenters. The molecule has 0 bridgehead atoms. The third-order valence-corrected chi connectivity index (χ3v) is 3.73. The Bertz CT molecular complexity index is 611. The fourth-order valence-electron chi connectivity index (χ4n) is 2.48. The van der Waals surface area contributed by atoms with E-state index in [2.05, 4.69) is 10.3 Å². The summed E-state index contributed by atoms with van der Waals surface area (Å²) >= 11 is 0. The van der Waals surface area contributed by atoms with Gasteiger partial charge in [-0.2, -0.15) is 0 Å². The van der Waals surface area contributed by atoms with Gasteiger partial charge < -0.3 is 9.64 Å². The van der Waals surface area contributed by atoms with E-state index in [1.165, 1.54) is 0 Å². The van der Waals surface area contributed by atoms with Crippen molar-refractivity contribution < 1.29 is 9.53 Å². The topological polar surface area (TPSA) is 60.2 Å². The molecule has 1 aromatic carbocycles. The lowest BCUT2D eigenvalue weighted by Crippen LogP contribution is -2.43. The van der Waals surface area contributed by atoms with E-state index in [9.17, 15) is 4.79 Å². The van der Waals surface area contributed by atoms with Crippen LogP contribution in [0.5, 0.6) is 0 Å². The standard InChI is InChI=1S/C15H18N4O2/c1-18-13(10-16-17-18)9-15(20)19-7-8-21-14(11-19)12-5-3-2-4-6-12/h2-6,10,14H,7-9,11H2,1H3. The predicted molar refractivity (Wildman–Crippen MR) is 76.4 cm³/mol. The van der Waals surface area contributed by atoms with Crippen molar-refractivity contribution in [2.75, 3.05) is 19.7 Å². The fraction of sp³-hybridized carbons (Fsp3) is 0.400. The lowest BCUT2D eigenvalue weighted by Gasteiger charge is -2.33. The smallest absolute Gasteiger partial charge is 0.228 e. The Hall–Kier alpha value is -2.21. The molecule has 0 saturated carbocycles. The largest absolute Gasteiger partial charge is 0.370 e. The molecule has 0 aliphatic carbocycles. The number of aryl methyl sites for hydroxylation is 1. The summed E-state index contributed by atoms with van der Waals surface area (Å²) in [6.07, 6.45) is 1.91. The SMILES string of the molecule is Cn1nncc1CC(=O)N1CCOC(c2ccccc2)C1. The molecule has 3 rings (SSSR count). The lowest BCUT2D eigenvalue weighted by molar-refractivity contribution is -0.138. The van der Waals surface area contributed by atoms with Gasteiger partial charge in [-0.15, -0.1) is 5.10 Å². The van der Waals surface area contributed by atoms with E-state index in [0.717, 1.165) is 11.3 Å². The molecule has 1 fully saturated rings. The van der Waals surface area contributed by atoms with Crippen molar-refractivity contribution in [2.45, 2.75) is 12.5 Å². The Morgan fingerprint density at radius 3 is 2.90 bits per heavy atom. The Balaban J connectivity index is 1.66. The number of aromatic nitrogens is 3. The van der Waals surface area contributed by atoms with Crippen molar-refractivity contribution in [1.29, 1.82) is 0 Å². The van der Waals surface area contributed by atoms with Crippen LogP contribution in [-0.4, -0.2) is 45.5 Å². The number of carbonyl (C=O) groups is 1. The molecule has 6 nitrogen and oxygen atoms in total. The molecule has 0 N–H and O–H groups in total. The summed E-state index contributed by atoms with van der Waals surface area (Å²) in [6, 6.07) is 10.0. The van der Waals surface area contributed by atoms with Crippen molar-refractivity contribution in [3.63, 3.8) is 0 Å². The second-order valence-corrected chi connectivity index (χ2v) is 5.14. The zero-order valence-corrected chi connectivity index (χ0v) is 12.0. The van der Waals surface area contributed by atoms with Gasteiger partial charge >= 0.3 is 0 Å². The summed E-state index contributed by atoms with van der Waals surface area (Å²) in [5.74, 6) is 0.0876. The second kappa shape index (κ2) is 6.05. The maximum Gasteiger partial charge on any atom is 0.228 e. The number of rotatable bonds is 3. The molecule has 6 heteroatoms. The number of hydrogen-bond donors (Lipinski definition) is 0. The van der Waals surface area contributed by atoms with Crippen LogP contribution >= 0.6 is 0 Å². The average Bonchev–Trinajstić information content (AvgIpc) is 2.93. The van der Waals surface area contributed by atoms with Gasteiger partial charge in [0.25, 0.3) is 0 Å². The average molecular weight is 286 g/mol. The van der Waals surface area contributed by atoms with Gasteiger partial charge in [0.05, 0.1) is 31.5 Å². The molecule has 21 heavy (non-hydrogen) atoms. The normalized spacial score (nSPS) is 18.7. The number of carbonyl (C=O) groups excluding carboxylic acids is 1. The van der Waals surface area contributed by atoms with Crippen LogP contribution in [0.3, 0.4) is 0 Å². The maximum absolute atomic E-state index is 12.4. The molecule has 110 valence electrons. The van der Waals surface area contributed by atoms with E-state index in [0.29, 0.717) is 26.1 Å². The van der Waals surface area contributed by atoms with Crippen molar-refractivity contribution in [3.05, 3.63) is 47.8 Å². The minimum absolute atomic E-state index is 0.0476. The Morgan fingerprint density at radius 2 is 2.19 bits per heavy atom. The molecular weight excluding hydrogens is 268 g/mol. The van der Waals surface area contributed by atoms with Gasteiger partial charge in [0.1, 0.15) is 6.10 Å². The van der Waals surface area contributed by atoms with E-state index < -0.39 is 0 Å². The van der Waals surface area contributed by atoms with Crippen LogP contribution in [0.15, 0.2) is 36.5 Å². The Kier molecular flexibility index (Phi) is 3.96. The monoisotopic (exact) mass is 286 g/mol. The zero-order valence-electron chi connectivity index (χ0n) is 12.0. The highest BCUT2D eigenvalue weighted by molar-refractivity contribution is 5.78. The number of amides is 1. The first-order valence-electron chi connectivity index (χ1n) is 7.02. The summed E-state index contributed by atoms with van der Waals surface area (Å²) in [5.41, 5.74) is 1.93. The van der Waals surface area contributed by atoms with Crippen LogP contribution in [0.2, 0.25) is 0 Å². The van der Waals surface area contributed by atoms with E-state index in [-0.39, 0.29) is 12.0 Å². The predicted octanol–water partition coefficient (Wildman–Crippen LogP) is 0.958. The van der Waals surface area contributed by atoms with Crippen LogP contribution in [0.25, 0.3) is 0 Å². The maximum atomic E-state index is 12.4. The third-order valence-electron chi connectivity index (χ3n) is 3.73. The van der Waals surface area contributed by atoms with Crippen molar-refractivity contribution >= 4 is 5.91 Å². The summed E-state index contributed by atoms with van der Waals surface area (Å²) in [7, 11) is 1.79. The van der Waals surface area contributed by atoms with Gasteiger partial charge in [-0.1, -0.05) is 35.5 Å². The molecular formula is C15H18N4O2. The summed E-state index contributed by atoms with van der Waals surface area (Å²) < 4.78 is 7.41. The first-order chi connectivity index (χ1) is 10.2. The molecule has 1 saturated heterocycles. The summed E-state index contributed by atoms with van der Waals surface area (Å²) in [4.78, 5) is 14.3. The molecule has 0 radical (unpaired) electrons. The van der Waals surface area contributed by atoms with Crippen LogP contribution in [0.1, 0.15) is 17.4 Å². The minimum atomic E-state index is -0.0476. The van der Waals surface area contributed by atoms with Crippen LogP contribution in [-0.2, 0) is 23.0 Å². The molecule has 1 aromatic heterocycles. The lowest BCUT2D eigenvalue weighted by atomic mass is 10.1. The number of hydrogen-bond acceptors (Lipinski definition) is 4. The highest BCUT2D eigenvalue weighted by Crippen LogP contribution is 2.22. The molecule has 2 aromatic rings. The van der Waals surface area contributed by atoms with Gasteiger partial charge in [0.15, 0.2) is 0 Å². The molecule has 1 aliphatic rings. The zero-order chi connectivity index (χ0) is 14.7. The second-order valence-electron chi connectivity index (χ2n) is 5.14. The molecule has 0 spiro atoms. The van der Waals surface area contributed by atoms with Gasteiger partial charge in [0.2, 0.25) is 5.91 Å².